The summed E-state index contributed by atoms with van der Waals surface area (Å²) < 4.78 is 41.5. The van der Waals surface area contributed by atoms with E-state index in [2.05, 4.69) is 35.9 Å². The van der Waals surface area contributed by atoms with Crippen LogP contribution in [-0.4, -0.2) is 64.9 Å². The van der Waals surface area contributed by atoms with E-state index in [1.165, 1.54) is 4.90 Å². The number of carbonyl (C=O) groups is 4. The third-order valence-corrected chi connectivity index (χ3v) is 10.8. The zero-order chi connectivity index (χ0) is 31.8. The van der Waals surface area contributed by atoms with Crippen molar-refractivity contribution in [2.75, 3.05) is 6.54 Å². The summed E-state index contributed by atoms with van der Waals surface area (Å²) in [5.74, 6) is -5.83. The van der Waals surface area contributed by atoms with Crippen molar-refractivity contribution in [2.45, 2.75) is 122 Å². The van der Waals surface area contributed by atoms with Crippen LogP contribution < -0.4 is 16.0 Å². The van der Waals surface area contributed by atoms with Crippen molar-refractivity contribution in [3.8, 4) is 6.07 Å². The molecule has 2 aliphatic heterocycles. The van der Waals surface area contributed by atoms with Gasteiger partial charge in [-0.1, -0.05) is 34.6 Å². The zero-order valence-corrected chi connectivity index (χ0v) is 25.7. The lowest BCUT2D eigenvalue weighted by atomic mass is 9.67. The molecule has 5 rings (SSSR count). The Kier molecular flexibility index (Phi) is 7.62. The van der Waals surface area contributed by atoms with Gasteiger partial charge in [-0.25, -0.2) is 0 Å². The number of halogens is 3. The second kappa shape index (κ2) is 10.4. The summed E-state index contributed by atoms with van der Waals surface area (Å²) in [7, 11) is 0. The highest BCUT2D eigenvalue weighted by Gasteiger charge is 2.62. The number of piperidine rings is 1. The summed E-state index contributed by atoms with van der Waals surface area (Å²) in [5, 5.41) is 18.1. The minimum absolute atomic E-state index is 0.120. The van der Waals surface area contributed by atoms with Gasteiger partial charge in [0.1, 0.15) is 24.0 Å². The molecule has 3 saturated carbocycles. The number of nitrogens with one attached hydrogen (secondary N) is 3. The molecule has 5 atom stereocenters. The molecule has 1 unspecified atom stereocenters. The van der Waals surface area contributed by atoms with E-state index in [1.807, 2.05) is 0 Å². The lowest BCUT2D eigenvalue weighted by molar-refractivity contribution is -0.188. The minimum Gasteiger partial charge on any atom is -0.350 e. The van der Waals surface area contributed by atoms with Gasteiger partial charge in [0.2, 0.25) is 23.6 Å². The lowest BCUT2D eigenvalue weighted by Gasteiger charge is -2.50. The highest BCUT2D eigenvalue weighted by molar-refractivity contribution is 5.94. The van der Waals surface area contributed by atoms with E-state index in [4.69, 9.17) is 0 Å². The molecule has 5 fully saturated rings. The summed E-state index contributed by atoms with van der Waals surface area (Å²) >= 11 is 0. The van der Waals surface area contributed by atoms with Crippen LogP contribution in [0.2, 0.25) is 0 Å². The van der Waals surface area contributed by atoms with E-state index in [0.717, 1.165) is 25.7 Å². The molecule has 3 N–H and O–H groups in total. The maximum absolute atomic E-state index is 14.3. The molecule has 2 spiro atoms. The van der Waals surface area contributed by atoms with Crippen LogP contribution in [-0.2, 0) is 19.2 Å². The first-order valence-electron chi connectivity index (χ1n) is 15.5. The molecule has 9 nitrogen and oxygen atoms in total. The molecule has 12 heteroatoms. The van der Waals surface area contributed by atoms with Crippen LogP contribution in [0.4, 0.5) is 13.2 Å². The number of hydrogen-bond acceptors (Lipinski definition) is 5. The number of amides is 4. The highest BCUT2D eigenvalue weighted by Crippen LogP contribution is 2.63. The Hall–Kier alpha value is -2.84. The molecule has 43 heavy (non-hydrogen) atoms. The van der Waals surface area contributed by atoms with Gasteiger partial charge in [0.25, 0.3) is 0 Å². The van der Waals surface area contributed by atoms with Crippen LogP contribution in [0.3, 0.4) is 0 Å². The zero-order valence-electron chi connectivity index (χ0n) is 25.7. The molecule has 0 aromatic rings. The lowest BCUT2D eigenvalue weighted by Crippen LogP contribution is -2.65. The van der Waals surface area contributed by atoms with Gasteiger partial charge in [-0.3, -0.25) is 19.2 Å². The monoisotopic (exact) mass is 607 g/mol. The number of rotatable bonds is 8. The van der Waals surface area contributed by atoms with Crippen LogP contribution in [0.25, 0.3) is 0 Å². The van der Waals surface area contributed by atoms with E-state index in [0.29, 0.717) is 25.7 Å². The fraction of sp³-hybridized carbons (Fsp3) is 0.839. The Balaban J connectivity index is 1.36. The number of carbonyl (C=O) groups excluding carboxylic acids is 4. The Morgan fingerprint density at radius 1 is 1.07 bits per heavy atom. The number of nitrogens with zero attached hydrogens (tertiary/aromatic N) is 2. The average molecular weight is 608 g/mol. The van der Waals surface area contributed by atoms with Crippen molar-refractivity contribution in [1.29, 1.82) is 5.26 Å². The molecule has 2 saturated heterocycles. The smallest absolute Gasteiger partial charge is 0.350 e. The Morgan fingerprint density at radius 3 is 2.16 bits per heavy atom. The quantitative estimate of drug-likeness (QED) is 0.388. The summed E-state index contributed by atoms with van der Waals surface area (Å²) in [4.78, 5) is 55.1. The van der Waals surface area contributed by atoms with Crippen LogP contribution in [0, 0.1) is 45.3 Å². The summed E-state index contributed by atoms with van der Waals surface area (Å²) in [6.45, 7) is 9.36. The summed E-state index contributed by atoms with van der Waals surface area (Å²) in [5.41, 5.74) is -1.66. The number of alkyl halides is 3. The molecule has 5 aliphatic rings. The maximum Gasteiger partial charge on any atom is 0.400 e. The third kappa shape index (κ3) is 6.23. The van der Waals surface area contributed by atoms with Crippen LogP contribution in [0.1, 0.15) is 92.4 Å². The average Bonchev–Trinajstić information content (AvgIpc) is 3.76. The van der Waals surface area contributed by atoms with Crippen LogP contribution in [0.15, 0.2) is 0 Å². The normalized spacial score (nSPS) is 28.8. The molecule has 0 bridgehead atoms. The van der Waals surface area contributed by atoms with Crippen molar-refractivity contribution in [3.63, 3.8) is 0 Å². The predicted octanol–water partition coefficient (Wildman–Crippen LogP) is 3.58. The highest BCUT2D eigenvalue weighted by atomic mass is 19.4. The van der Waals surface area contributed by atoms with E-state index in [9.17, 15) is 37.6 Å². The van der Waals surface area contributed by atoms with Crippen molar-refractivity contribution >= 4 is 23.6 Å². The SMILES string of the molecule is CC(C)(C)[C@H](NC(=O)C(C1CC1)C(F)(F)F)C(=O)N1CC2(CC2)C(C)(C)C[C@H]1C(=O)N[C@H](C#N)C[C@@H]1CC2(CC2)NC1=O. The second-order valence-corrected chi connectivity index (χ2v) is 15.6. The number of hydrogen-bond donors (Lipinski definition) is 3. The second-order valence-electron chi connectivity index (χ2n) is 15.6. The van der Waals surface area contributed by atoms with Crippen LogP contribution in [0.5, 0.6) is 0 Å². The molecule has 0 aromatic heterocycles. The van der Waals surface area contributed by atoms with Gasteiger partial charge in [0.15, 0.2) is 0 Å². The molecule has 0 aromatic carbocycles. The fourth-order valence-corrected chi connectivity index (χ4v) is 7.36. The summed E-state index contributed by atoms with van der Waals surface area (Å²) in [6.07, 6.45) is 0.476. The minimum atomic E-state index is -4.73. The van der Waals surface area contributed by atoms with Gasteiger partial charge in [-0.2, -0.15) is 18.4 Å². The molecule has 2 heterocycles. The number of likely N-dealkylation sites (tertiary alicyclic amines) is 1. The standard InChI is InChI=1S/C31H44F3N5O4/c1-27(2,3)22(37-25(42)21(17-6-7-17)31(32,33)34)26(43)39-16-29(8-9-29)28(4,5)14-20(39)24(41)36-19(15-35)12-18-13-30(10-11-30)38-23(18)40/h17-22H,6-14,16H2,1-5H3,(H,36,41)(H,37,42)(H,38,40)/t18-,19+,20+,21?,22-/m1/s1. The van der Waals surface area contributed by atoms with Crippen molar-refractivity contribution in [1.82, 2.24) is 20.9 Å². The van der Waals surface area contributed by atoms with Crippen LogP contribution >= 0.6 is 0 Å². The van der Waals surface area contributed by atoms with Gasteiger partial charge < -0.3 is 20.9 Å². The predicted molar refractivity (Wildman–Crippen MR) is 150 cm³/mol. The first-order chi connectivity index (χ1) is 19.8. The van der Waals surface area contributed by atoms with Gasteiger partial charge >= 0.3 is 6.18 Å². The van der Waals surface area contributed by atoms with Crippen molar-refractivity contribution < 1.29 is 32.3 Å². The topological polar surface area (TPSA) is 131 Å². The first-order valence-corrected chi connectivity index (χ1v) is 15.5. The van der Waals surface area contributed by atoms with Gasteiger partial charge in [0, 0.05) is 18.0 Å². The van der Waals surface area contributed by atoms with Crippen molar-refractivity contribution in [3.05, 3.63) is 0 Å². The molecular formula is C31H44F3N5O4. The first kappa shape index (κ1) is 31.6. The van der Waals surface area contributed by atoms with Gasteiger partial charge in [-0.15, -0.1) is 0 Å². The molecule has 238 valence electrons. The van der Waals surface area contributed by atoms with E-state index >= 15 is 0 Å². The third-order valence-electron chi connectivity index (χ3n) is 10.8. The molecule has 3 aliphatic carbocycles. The summed E-state index contributed by atoms with van der Waals surface area (Å²) in [6, 6.07) is -1.13. The Morgan fingerprint density at radius 2 is 1.70 bits per heavy atom. The van der Waals surface area contributed by atoms with Gasteiger partial charge in [-0.05, 0) is 80.0 Å². The molecular weight excluding hydrogens is 563 g/mol. The Labute approximate surface area is 251 Å². The van der Waals surface area contributed by atoms with E-state index in [1.54, 1.807) is 20.8 Å². The van der Waals surface area contributed by atoms with Crippen molar-refractivity contribution in [2.24, 2.45) is 34.0 Å². The molecule has 0 radical (unpaired) electrons. The maximum atomic E-state index is 14.3. The molecule has 4 amide bonds. The fourth-order valence-electron chi connectivity index (χ4n) is 7.36. The van der Waals surface area contributed by atoms with E-state index in [-0.39, 0.29) is 35.2 Å². The van der Waals surface area contributed by atoms with E-state index < -0.39 is 65.2 Å². The van der Waals surface area contributed by atoms with Gasteiger partial charge in [0.05, 0.1) is 6.07 Å². The largest absolute Gasteiger partial charge is 0.400 e. The number of nitriles is 1. The Bertz CT molecular complexity index is 1220.